The Hall–Kier alpha value is -1.77. The summed E-state index contributed by atoms with van der Waals surface area (Å²) >= 11 is 0. The molecule has 0 radical (unpaired) electrons. The smallest absolute Gasteiger partial charge is 0.211 e. The lowest BCUT2D eigenvalue weighted by Crippen LogP contribution is -2.45. The van der Waals surface area contributed by atoms with Crippen LogP contribution in [0.5, 0.6) is 0 Å². The van der Waals surface area contributed by atoms with Crippen LogP contribution in [0.15, 0.2) is 30.3 Å². The van der Waals surface area contributed by atoms with Gasteiger partial charge in [-0.1, -0.05) is 44.2 Å². The molecule has 7 nitrogen and oxygen atoms in total. The van der Waals surface area contributed by atoms with Gasteiger partial charge in [0.1, 0.15) is 11.6 Å². The number of hydrogen-bond acceptors (Lipinski definition) is 5. The maximum Gasteiger partial charge on any atom is 0.211 e. The summed E-state index contributed by atoms with van der Waals surface area (Å²) in [6, 6.07) is 12.7. The summed E-state index contributed by atoms with van der Waals surface area (Å²) in [4.78, 5) is 2.81. The van der Waals surface area contributed by atoms with Crippen LogP contribution in [0.2, 0.25) is 0 Å². The highest BCUT2D eigenvalue weighted by Gasteiger charge is 2.42. The van der Waals surface area contributed by atoms with Gasteiger partial charge >= 0.3 is 0 Å². The Morgan fingerprint density at radius 1 is 0.944 bits per heavy atom. The molecule has 8 heteroatoms. The van der Waals surface area contributed by atoms with E-state index in [9.17, 15) is 8.42 Å². The molecule has 3 aliphatic rings. The quantitative estimate of drug-likeness (QED) is 0.511. The van der Waals surface area contributed by atoms with Gasteiger partial charge in [0, 0.05) is 37.1 Å². The molecule has 2 aromatic rings. The van der Waals surface area contributed by atoms with Crippen LogP contribution in [0.25, 0.3) is 0 Å². The zero-order chi connectivity index (χ0) is 25.4. The van der Waals surface area contributed by atoms with Gasteiger partial charge in [-0.05, 0) is 75.8 Å². The molecule has 1 aromatic carbocycles. The van der Waals surface area contributed by atoms with E-state index in [0.29, 0.717) is 49.0 Å². The molecule has 1 aromatic heterocycles. The van der Waals surface area contributed by atoms with Crippen molar-refractivity contribution in [3.8, 4) is 0 Å². The number of piperidine rings is 2. The third-order valence-electron chi connectivity index (χ3n) is 9.10. The number of fused-ring (bicyclic) bond motifs is 2. The fraction of sp³-hybridized carbons (Fsp3) is 0.714. The second kappa shape index (κ2) is 10.5. The van der Waals surface area contributed by atoms with E-state index < -0.39 is 10.0 Å². The van der Waals surface area contributed by atoms with Gasteiger partial charge in [0.05, 0.1) is 6.26 Å². The summed E-state index contributed by atoms with van der Waals surface area (Å²) in [5.74, 6) is 3.60. The van der Waals surface area contributed by atoms with E-state index in [4.69, 9.17) is 0 Å². The number of hydrogen-bond donors (Lipinski definition) is 0. The third kappa shape index (κ3) is 5.27. The SMILES string of the molecule is Cc1nnc(C(C)C)n1C1CC2CCC(C1)N2CC[C@@H](c1ccccc1)C1CCN(S(C)(=O)=O)CC1. The molecule has 3 saturated heterocycles. The minimum absolute atomic E-state index is 0.391. The van der Waals surface area contributed by atoms with Crippen LogP contribution >= 0.6 is 0 Å². The van der Waals surface area contributed by atoms with Crippen molar-refractivity contribution < 1.29 is 8.42 Å². The fourth-order valence-electron chi connectivity index (χ4n) is 7.32. The number of aromatic nitrogens is 3. The van der Waals surface area contributed by atoms with Crippen molar-refractivity contribution in [3.63, 3.8) is 0 Å². The predicted molar refractivity (Wildman–Crippen MR) is 144 cm³/mol. The summed E-state index contributed by atoms with van der Waals surface area (Å²) in [6.07, 6.45) is 9.36. The van der Waals surface area contributed by atoms with Crippen molar-refractivity contribution in [3.05, 3.63) is 47.5 Å². The van der Waals surface area contributed by atoms with Crippen molar-refractivity contribution in [1.29, 1.82) is 0 Å². The van der Waals surface area contributed by atoms with Crippen LogP contribution in [-0.4, -0.2) is 70.4 Å². The molecule has 198 valence electrons. The Morgan fingerprint density at radius 2 is 1.58 bits per heavy atom. The van der Waals surface area contributed by atoms with E-state index in [1.54, 1.807) is 4.31 Å². The van der Waals surface area contributed by atoms with Gasteiger partial charge in [-0.25, -0.2) is 12.7 Å². The summed E-state index contributed by atoms with van der Waals surface area (Å²) in [5, 5.41) is 8.93. The molecule has 3 atom stereocenters. The van der Waals surface area contributed by atoms with Gasteiger partial charge in [-0.2, -0.15) is 0 Å². The van der Waals surface area contributed by atoms with Crippen molar-refractivity contribution in [2.75, 3.05) is 25.9 Å². The number of sulfonamides is 1. The average Bonchev–Trinajstić information content (AvgIpc) is 3.35. The highest BCUT2D eigenvalue weighted by molar-refractivity contribution is 7.88. The molecule has 0 N–H and O–H groups in total. The molecule has 0 spiro atoms. The first-order chi connectivity index (χ1) is 17.2. The zero-order valence-electron chi connectivity index (χ0n) is 22.4. The van der Waals surface area contributed by atoms with Gasteiger partial charge in [0.2, 0.25) is 10.0 Å². The second-order valence-electron chi connectivity index (χ2n) is 11.7. The van der Waals surface area contributed by atoms with Crippen molar-refractivity contribution in [1.82, 2.24) is 24.0 Å². The van der Waals surface area contributed by atoms with E-state index in [-0.39, 0.29) is 0 Å². The highest BCUT2D eigenvalue weighted by Crippen LogP contribution is 2.43. The molecule has 0 aliphatic carbocycles. The molecular formula is C28H43N5O2S. The van der Waals surface area contributed by atoms with Crippen LogP contribution in [0.1, 0.15) is 93.9 Å². The lowest BCUT2D eigenvalue weighted by molar-refractivity contribution is 0.0963. The maximum atomic E-state index is 12.0. The molecule has 2 unspecified atom stereocenters. The van der Waals surface area contributed by atoms with Crippen molar-refractivity contribution in [2.24, 2.45) is 5.92 Å². The van der Waals surface area contributed by atoms with Gasteiger partial charge in [0.25, 0.3) is 0 Å². The average molecular weight is 514 g/mol. The minimum atomic E-state index is -3.10. The summed E-state index contributed by atoms with van der Waals surface area (Å²) in [7, 11) is -3.10. The molecule has 3 aliphatic heterocycles. The molecule has 4 heterocycles. The first kappa shape index (κ1) is 25.9. The number of benzene rings is 1. The molecule has 3 fully saturated rings. The van der Waals surface area contributed by atoms with E-state index in [2.05, 4.69) is 70.8 Å². The molecule has 0 amide bonds. The number of rotatable bonds is 8. The standard InChI is InChI=1S/C28H43N5O2S/c1-20(2)28-30-29-21(3)33(28)26-18-24-10-11-25(19-26)32(24)17-14-27(22-8-6-5-7-9-22)23-12-15-31(16-13-23)36(4,34)35/h5-9,20,23-27H,10-19H2,1-4H3/t24?,25?,26?,27-/m0/s1. The van der Waals surface area contributed by atoms with Crippen molar-refractivity contribution >= 4 is 10.0 Å². The molecular weight excluding hydrogens is 470 g/mol. The molecule has 36 heavy (non-hydrogen) atoms. The minimum Gasteiger partial charge on any atom is -0.312 e. The number of aryl methyl sites for hydroxylation is 1. The van der Waals surface area contributed by atoms with Gasteiger partial charge in [0.15, 0.2) is 0 Å². The second-order valence-corrected chi connectivity index (χ2v) is 13.7. The van der Waals surface area contributed by atoms with Gasteiger partial charge < -0.3 is 4.57 Å². The van der Waals surface area contributed by atoms with Crippen molar-refractivity contribution in [2.45, 2.75) is 95.7 Å². The largest absolute Gasteiger partial charge is 0.312 e. The Balaban J connectivity index is 1.27. The summed E-state index contributed by atoms with van der Waals surface area (Å²) in [5.41, 5.74) is 1.42. The fourth-order valence-corrected chi connectivity index (χ4v) is 8.20. The zero-order valence-corrected chi connectivity index (χ0v) is 23.2. The van der Waals surface area contributed by atoms with Crippen LogP contribution in [0.3, 0.4) is 0 Å². The Bertz CT molecular complexity index is 1110. The van der Waals surface area contributed by atoms with Crippen LogP contribution in [0.4, 0.5) is 0 Å². The summed E-state index contributed by atoms with van der Waals surface area (Å²) in [6.45, 7) is 8.97. The van der Waals surface area contributed by atoms with Crippen LogP contribution < -0.4 is 0 Å². The normalized spacial score (nSPS) is 27.1. The topological polar surface area (TPSA) is 71.3 Å². The summed E-state index contributed by atoms with van der Waals surface area (Å²) < 4.78 is 28.2. The first-order valence-corrected chi connectivity index (χ1v) is 15.7. The van der Waals surface area contributed by atoms with Crippen LogP contribution in [0, 0.1) is 12.8 Å². The molecule has 2 bridgehead atoms. The lowest BCUT2D eigenvalue weighted by Gasteiger charge is -2.42. The van der Waals surface area contributed by atoms with E-state index in [1.165, 1.54) is 37.5 Å². The maximum absolute atomic E-state index is 12.0. The Morgan fingerprint density at radius 3 is 2.17 bits per heavy atom. The van der Waals surface area contributed by atoms with Gasteiger partial charge in [-0.15, -0.1) is 10.2 Å². The van der Waals surface area contributed by atoms with E-state index >= 15 is 0 Å². The number of nitrogens with zero attached hydrogens (tertiary/aromatic N) is 5. The molecule has 5 rings (SSSR count). The van der Waals surface area contributed by atoms with Gasteiger partial charge in [-0.3, -0.25) is 4.90 Å². The Kier molecular flexibility index (Phi) is 7.57. The Labute approximate surface area is 217 Å². The molecule has 0 saturated carbocycles. The van der Waals surface area contributed by atoms with Crippen LogP contribution in [-0.2, 0) is 10.0 Å². The first-order valence-electron chi connectivity index (χ1n) is 13.9. The predicted octanol–water partition coefficient (Wildman–Crippen LogP) is 4.72. The van der Waals surface area contributed by atoms with E-state index in [0.717, 1.165) is 37.5 Å². The van der Waals surface area contributed by atoms with E-state index in [1.807, 2.05) is 0 Å². The highest BCUT2D eigenvalue weighted by atomic mass is 32.2. The lowest BCUT2D eigenvalue weighted by atomic mass is 9.78. The third-order valence-corrected chi connectivity index (χ3v) is 10.4. The monoisotopic (exact) mass is 513 g/mol.